The Balaban J connectivity index is 0.000000262. The van der Waals surface area contributed by atoms with Crippen LogP contribution in [-0.2, 0) is 35.0 Å². The Labute approximate surface area is 360 Å². The highest BCUT2D eigenvalue weighted by atomic mass is 16.7. The number of hydrogen-bond acceptors (Lipinski definition) is 15. The number of methoxy groups -OCH3 is 2. The van der Waals surface area contributed by atoms with Gasteiger partial charge in [-0.1, -0.05) is 43.7 Å². The van der Waals surface area contributed by atoms with Crippen LogP contribution in [-0.4, -0.2) is 93.9 Å². The van der Waals surface area contributed by atoms with E-state index in [1.54, 1.807) is 19.1 Å². The van der Waals surface area contributed by atoms with Gasteiger partial charge in [0.05, 0.1) is 49.2 Å². The number of furan rings is 1. The zero-order valence-corrected chi connectivity index (χ0v) is 35.7. The minimum Gasteiger partial charge on any atom is -0.507 e. The minimum absolute atomic E-state index is 0.00988. The van der Waals surface area contributed by atoms with Gasteiger partial charge in [0.2, 0.25) is 5.78 Å². The molecule has 3 aromatic rings. The van der Waals surface area contributed by atoms with E-state index in [2.05, 4.69) is 16.6 Å². The lowest BCUT2D eigenvalue weighted by Gasteiger charge is -2.42. The lowest BCUT2D eigenvalue weighted by atomic mass is 9.72. The van der Waals surface area contributed by atoms with Gasteiger partial charge in [0.25, 0.3) is 0 Å². The Morgan fingerprint density at radius 3 is 2.31 bits per heavy atom. The normalized spacial score (nSPS) is 22.6. The van der Waals surface area contributed by atoms with E-state index >= 15 is 0 Å². The van der Waals surface area contributed by atoms with Crippen LogP contribution in [0.4, 0.5) is 0 Å². The van der Waals surface area contributed by atoms with Crippen LogP contribution in [0.15, 0.2) is 40.8 Å². The number of fused-ring (bicyclic) bond motifs is 3. The molecule has 15 heteroatoms. The fourth-order valence-electron chi connectivity index (χ4n) is 7.81. The van der Waals surface area contributed by atoms with Crippen molar-refractivity contribution in [2.24, 2.45) is 5.73 Å². The van der Waals surface area contributed by atoms with Gasteiger partial charge >= 0.3 is 5.97 Å². The van der Waals surface area contributed by atoms with E-state index in [-0.39, 0.29) is 52.6 Å². The van der Waals surface area contributed by atoms with Crippen molar-refractivity contribution in [1.82, 2.24) is 0 Å². The van der Waals surface area contributed by atoms with E-state index in [1.807, 2.05) is 6.07 Å². The number of aliphatic hydroxyl groups excluding tert-OH is 1. The van der Waals surface area contributed by atoms with E-state index in [1.165, 1.54) is 58.8 Å². The standard InChI is InChI=1S/C27H29NO10.C20H26O4/c1-10-22(30)14(28)7-17(37-10)38-16-9-27(35,11(2)29)8-13-19(16)26(34)21-20(24(13)32)23(31)12-5-4-6-15(36-3)18(12)25(21)33;1-17(21)13-14-19-16-15-18(24-19)11-9-7-5-3-4-6-8-10-12-20(22)23-2/h4-6,10,14,16-17,22,30,32,34-35H,7-9,28H2,1-3H3;13-16H,3-8,10,12H2,1-2H3/b;14-13+/t10-,14-,16-,17-,22+,27-;/m0./s1. The molecule has 1 aromatic heterocycles. The Kier molecular flexibility index (Phi) is 16.0. The van der Waals surface area contributed by atoms with Crippen molar-refractivity contribution in [3.63, 3.8) is 0 Å². The van der Waals surface area contributed by atoms with Crippen LogP contribution in [0.25, 0.3) is 6.08 Å². The number of carbonyl (C=O) groups is 5. The second-order valence-corrected chi connectivity index (χ2v) is 15.8. The Morgan fingerprint density at radius 2 is 1.65 bits per heavy atom. The van der Waals surface area contributed by atoms with E-state index in [4.69, 9.17) is 24.4 Å². The number of aliphatic hydroxyl groups is 2. The summed E-state index contributed by atoms with van der Waals surface area (Å²) in [6.45, 7) is 4.29. The van der Waals surface area contributed by atoms with Gasteiger partial charge in [-0.3, -0.25) is 24.0 Å². The molecular formula is C47H55NO14. The number of carbonyl (C=O) groups excluding carboxylic acids is 5. The number of Topliss-reactive ketones (excluding diaryl/α,β-unsaturated/α-hetero) is 1. The third-order valence-electron chi connectivity index (χ3n) is 11.3. The smallest absolute Gasteiger partial charge is 0.305 e. The maximum absolute atomic E-state index is 13.6. The van der Waals surface area contributed by atoms with Crippen molar-refractivity contribution in [1.29, 1.82) is 0 Å². The van der Waals surface area contributed by atoms with Crippen molar-refractivity contribution < 1.29 is 67.8 Å². The molecule has 332 valence electrons. The molecule has 1 aliphatic heterocycles. The summed E-state index contributed by atoms with van der Waals surface area (Å²) in [5.74, 6) is 4.06. The highest BCUT2D eigenvalue weighted by Crippen LogP contribution is 2.52. The fraction of sp³-hybridized carbons (Fsp3) is 0.468. The van der Waals surface area contributed by atoms with Crippen molar-refractivity contribution in [3.8, 4) is 29.1 Å². The Bertz CT molecular complexity index is 2250. The van der Waals surface area contributed by atoms with Gasteiger partial charge in [-0.05, 0) is 69.9 Å². The molecule has 1 fully saturated rings. The first-order chi connectivity index (χ1) is 29.5. The second-order valence-electron chi connectivity index (χ2n) is 15.8. The molecule has 0 amide bonds. The summed E-state index contributed by atoms with van der Waals surface area (Å²) in [5.41, 5.74) is 2.97. The maximum Gasteiger partial charge on any atom is 0.305 e. The molecule has 15 nitrogen and oxygen atoms in total. The predicted octanol–water partition coefficient (Wildman–Crippen LogP) is 5.56. The fourth-order valence-corrected chi connectivity index (χ4v) is 7.81. The van der Waals surface area contributed by atoms with E-state index in [0.29, 0.717) is 17.9 Å². The van der Waals surface area contributed by atoms with Crippen LogP contribution >= 0.6 is 0 Å². The monoisotopic (exact) mass is 857 g/mol. The van der Waals surface area contributed by atoms with Crippen LogP contribution in [0.3, 0.4) is 0 Å². The zero-order valence-electron chi connectivity index (χ0n) is 35.7. The topological polar surface area (TPSA) is 242 Å². The van der Waals surface area contributed by atoms with Gasteiger partial charge in [0.15, 0.2) is 29.4 Å². The summed E-state index contributed by atoms with van der Waals surface area (Å²) in [5, 5.41) is 44.1. The van der Waals surface area contributed by atoms with Crippen molar-refractivity contribution in [2.75, 3.05) is 14.2 Å². The predicted molar refractivity (Wildman–Crippen MR) is 225 cm³/mol. The number of allylic oxidation sites excluding steroid dienone is 1. The molecule has 2 heterocycles. The second kappa shape index (κ2) is 21.0. The first kappa shape index (κ1) is 47.4. The number of phenolic OH excluding ortho intramolecular Hbond substituents is 2. The number of ketones is 4. The van der Waals surface area contributed by atoms with E-state index in [0.717, 1.165) is 38.5 Å². The van der Waals surface area contributed by atoms with Crippen LogP contribution in [0, 0.1) is 11.8 Å². The quantitative estimate of drug-likeness (QED) is 0.0343. The van der Waals surface area contributed by atoms with Crippen molar-refractivity contribution >= 4 is 35.2 Å². The highest BCUT2D eigenvalue weighted by molar-refractivity contribution is 6.31. The number of ether oxygens (including phenoxy) is 4. The summed E-state index contributed by atoms with van der Waals surface area (Å²) in [7, 11) is 2.77. The molecule has 2 aromatic carbocycles. The third-order valence-corrected chi connectivity index (χ3v) is 11.3. The van der Waals surface area contributed by atoms with E-state index < -0.39 is 82.6 Å². The molecule has 62 heavy (non-hydrogen) atoms. The number of nitrogens with two attached hydrogens (primary N) is 1. The number of unbranched alkanes of at least 4 members (excludes halogenated alkanes) is 6. The molecule has 0 bridgehead atoms. The molecule has 0 unspecified atom stereocenters. The molecule has 6 N–H and O–H groups in total. The molecule has 0 saturated carbocycles. The lowest BCUT2D eigenvalue weighted by molar-refractivity contribution is -0.247. The zero-order chi connectivity index (χ0) is 45.3. The number of esters is 1. The largest absolute Gasteiger partial charge is 0.507 e. The first-order valence-corrected chi connectivity index (χ1v) is 20.7. The number of hydrogen-bond donors (Lipinski definition) is 5. The van der Waals surface area contributed by atoms with E-state index in [9.17, 15) is 44.4 Å². The molecule has 0 radical (unpaired) electrons. The average Bonchev–Trinajstić information content (AvgIpc) is 3.70. The first-order valence-electron chi connectivity index (χ1n) is 20.7. The molecule has 6 atom stereocenters. The SMILES string of the molecule is COC(=O)CCCCCCCCC#Cc1ccc(/C=C/C(C)=O)o1.COc1cccc2c1C(=O)c1c(O)c3c(c(O)c1C2=O)C[C@@](O)(C(C)=O)C[C@@H]3O[C@H]1C[C@H](N)[C@H](O)[C@H](C)O1. The molecular weight excluding hydrogens is 803 g/mol. The number of benzene rings is 2. The van der Waals surface area contributed by atoms with Gasteiger partial charge < -0.3 is 49.5 Å². The molecule has 1 saturated heterocycles. The van der Waals surface area contributed by atoms with Crippen LogP contribution < -0.4 is 10.5 Å². The Morgan fingerprint density at radius 1 is 0.952 bits per heavy atom. The average molecular weight is 858 g/mol. The van der Waals surface area contributed by atoms with Crippen LogP contribution in [0.2, 0.25) is 0 Å². The molecule has 3 aliphatic rings. The summed E-state index contributed by atoms with van der Waals surface area (Å²) in [4.78, 5) is 61.4. The number of phenols is 2. The maximum atomic E-state index is 13.6. The van der Waals surface area contributed by atoms with Crippen LogP contribution in [0.1, 0.15) is 146 Å². The van der Waals surface area contributed by atoms with Gasteiger partial charge in [-0.15, -0.1) is 0 Å². The molecule has 6 rings (SSSR count). The van der Waals surface area contributed by atoms with Crippen molar-refractivity contribution in [3.05, 3.63) is 81.3 Å². The third kappa shape index (κ3) is 10.9. The summed E-state index contributed by atoms with van der Waals surface area (Å²) in [6, 6.07) is 7.36. The van der Waals surface area contributed by atoms with Crippen molar-refractivity contribution in [2.45, 2.75) is 128 Å². The van der Waals surface area contributed by atoms with Gasteiger partial charge in [0, 0.05) is 54.8 Å². The Hall–Kier alpha value is -5.63. The minimum atomic E-state index is -2.00. The lowest BCUT2D eigenvalue weighted by Crippen LogP contribution is -2.52. The number of rotatable bonds is 14. The summed E-state index contributed by atoms with van der Waals surface area (Å²) < 4.78 is 27.2. The summed E-state index contributed by atoms with van der Waals surface area (Å²) in [6.07, 6.45) is 6.48. The highest BCUT2D eigenvalue weighted by Gasteiger charge is 2.49. The number of aromatic hydroxyl groups is 2. The van der Waals surface area contributed by atoms with Crippen LogP contribution in [0.5, 0.6) is 17.2 Å². The van der Waals surface area contributed by atoms with Gasteiger partial charge in [-0.2, -0.15) is 0 Å². The summed E-state index contributed by atoms with van der Waals surface area (Å²) >= 11 is 0. The molecule has 2 aliphatic carbocycles. The van der Waals surface area contributed by atoms with Gasteiger partial charge in [0.1, 0.15) is 28.6 Å². The molecule has 0 spiro atoms. The van der Waals surface area contributed by atoms with Gasteiger partial charge in [-0.25, -0.2) is 0 Å².